The molecule has 7 heteroatoms. The Morgan fingerprint density at radius 3 is 2.43 bits per heavy atom. The zero-order valence-corrected chi connectivity index (χ0v) is 19.1. The topological polar surface area (TPSA) is 49.3 Å². The summed E-state index contributed by atoms with van der Waals surface area (Å²) in [5.74, 6) is 2.71. The lowest BCUT2D eigenvalue weighted by atomic mass is 10.2. The molecule has 2 aromatic rings. The summed E-state index contributed by atoms with van der Waals surface area (Å²) in [5.41, 5.74) is 2.32. The number of guanidine groups is 1. The second-order valence-corrected chi connectivity index (χ2v) is 6.39. The van der Waals surface area contributed by atoms with Crippen molar-refractivity contribution in [1.82, 2.24) is 10.2 Å². The molecule has 0 aromatic heterocycles. The molecule has 0 amide bonds. The van der Waals surface area contributed by atoms with Crippen LogP contribution in [-0.2, 0) is 6.54 Å². The summed E-state index contributed by atoms with van der Waals surface area (Å²) in [7, 11) is 5.24. The molecule has 0 saturated carbocycles. The number of rotatable bonds is 5. The molecule has 1 heterocycles. The van der Waals surface area contributed by atoms with Crippen LogP contribution in [0.15, 0.2) is 53.5 Å². The average molecular weight is 496 g/mol. The molecule has 1 aliphatic heterocycles. The molecule has 152 valence electrons. The largest absolute Gasteiger partial charge is 0.497 e. The van der Waals surface area contributed by atoms with E-state index in [1.54, 1.807) is 14.2 Å². The predicted octanol–water partition coefficient (Wildman–Crippen LogP) is 3.22. The maximum absolute atomic E-state index is 5.43. The van der Waals surface area contributed by atoms with Crippen LogP contribution in [0.25, 0.3) is 0 Å². The first-order chi connectivity index (χ1) is 13.2. The molecule has 0 bridgehead atoms. The van der Waals surface area contributed by atoms with E-state index in [-0.39, 0.29) is 24.0 Å². The summed E-state index contributed by atoms with van der Waals surface area (Å²) in [6, 6.07) is 16.3. The fourth-order valence-corrected chi connectivity index (χ4v) is 3.34. The third-order valence-electron chi connectivity index (χ3n) is 4.84. The molecular weight excluding hydrogens is 467 g/mol. The highest BCUT2D eigenvalue weighted by atomic mass is 127. The number of piperazine rings is 1. The van der Waals surface area contributed by atoms with Crippen LogP contribution < -0.4 is 19.7 Å². The molecule has 1 fully saturated rings. The summed E-state index contributed by atoms with van der Waals surface area (Å²) in [5, 5.41) is 3.46. The molecule has 0 radical (unpaired) electrons. The Morgan fingerprint density at radius 2 is 1.75 bits per heavy atom. The van der Waals surface area contributed by atoms with E-state index in [1.165, 1.54) is 5.69 Å². The lowest BCUT2D eigenvalue weighted by molar-refractivity contribution is 0.370. The SMILES string of the molecule is CN=C(NCc1ccccc1OC)N1CCN(c2cccc(OC)c2)CC1.I. The van der Waals surface area contributed by atoms with E-state index in [0.29, 0.717) is 6.54 Å². The van der Waals surface area contributed by atoms with Gasteiger partial charge in [-0.3, -0.25) is 4.99 Å². The van der Waals surface area contributed by atoms with Crippen molar-refractivity contribution in [1.29, 1.82) is 0 Å². The number of para-hydroxylation sites is 1. The summed E-state index contributed by atoms with van der Waals surface area (Å²) in [6.07, 6.45) is 0. The molecule has 3 rings (SSSR count). The van der Waals surface area contributed by atoms with Crippen molar-refractivity contribution in [2.24, 2.45) is 4.99 Å². The van der Waals surface area contributed by atoms with E-state index in [4.69, 9.17) is 9.47 Å². The van der Waals surface area contributed by atoms with Gasteiger partial charge in [-0.2, -0.15) is 0 Å². The van der Waals surface area contributed by atoms with Crippen LogP contribution in [0.1, 0.15) is 5.56 Å². The minimum absolute atomic E-state index is 0. The Bertz CT molecular complexity index is 777. The number of methoxy groups -OCH3 is 2. The zero-order chi connectivity index (χ0) is 19.1. The van der Waals surface area contributed by atoms with Gasteiger partial charge in [0.05, 0.1) is 14.2 Å². The van der Waals surface area contributed by atoms with Crippen molar-refractivity contribution < 1.29 is 9.47 Å². The lowest BCUT2D eigenvalue weighted by Crippen LogP contribution is -2.52. The van der Waals surface area contributed by atoms with E-state index in [9.17, 15) is 0 Å². The van der Waals surface area contributed by atoms with Crippen LogP contribution in [0, 0.1) is 0 Å². The van der Waals surface area contributed by atoms with Gasteiger partial charge < -0.3 is 24.6 Å². The Morgan fingerprint density at radius 1 is 1.00 bits per heavy atom. The van der Waals surface area contributed by atoms with Crippen LogP contribution >= 0.6 is 24.0 Å². The van der Waals surface area contributed by atoms with Crippen molar-refractivity contribution in [3.8, 4) is 11.5 Å². The quantitative estimate of drug-likeness (QED) is 0.392. The zero-order valence-electron chi connectivity index (χ0n) is 16.7. The third kappa shape index (κ3) is 5.43. The van der Waals surface area contributed by atoms with Gasteiger partial charge in [0.25, 0.3) is 0 Å². The molecule has 6 nitrogen and oxygen atoms in total. The van der Waals surface area contributed by atoms with Gasteiger partial charge in [-0.15, -0.1) is 24.0 Å². The fourth-order valence-electron chi connectivity index (χ4n) is 3.34. The first-order valence-corrected chi connectivity index (χ1v) is 9.21. The summed E-state index contributed by atoms with van der Waals surface area (Å²) < 4.78 is 10.8. The Labute approximate surface area is 184 Å². The van der Waals surface area contributed by atoms with Crippen molar-refractivity contribution in [3.63, 3.8) is 0 Å². The van der Waals surface area contributed by atoms with E-state index in [1.807, 2.05) is 37.4 Å². The number of ether oxygens (including phenoxy) is 2. The van der Waals surface area contributed by atoms with Crippen LogP contribution in [-0.4, -0.2) is 58.3 Å². The van der Waals surface area contributed by atoms with Gasteiger partial charge in [-0.05, 0) is 18.2 Å². The highest BCUT2D eigenvalue weighted by molar-refractivity contribution is 14.0. The van der Waals surface area contributed by atoms with Gasteiger partial charge >= 0.3 is 0 Å². The lowest BCUT2D eigenvalue weighted by Gasteiger charge is -2.37. The molecule has 1 aliphatic rings. The summed E-state index contributed by atoms with van der Waals surface area (Å²) >= 11 is 0. The molecular formula is C21H29IN4O2. The van der Waals surface area contributed by atoms with Gasteiger partial charge in [0.1, 0.15) is 11.5 Å². The van der Waals surface area contributed by atoms with Crippen LogP contribution in [0.3, 0.4) is 0 Å². The van der Waals surface area contributed by atoms with Crippen LogP contribution in [0.4, 0.5) is 5.69 Å². The second-order valence-electron chi connectivity index (χ2n) is 6.39. The third-order valence-corrected chi connectivity index (χ3v) is 4.84. The number of anilines is 1. The Hall–Kier alpha value is -2.16. The number of halogens is 1. The highest BCUT2D eigenvalue weighted by Crippen LogP contribution is 2.22. The Balaban J connectivity index is 0.00000280. The number of nitrogens with one attached hydrogen (secondary N) is 1. The number of nitrogens with zero attached hydrogens (tertiary/aromatic N) is 3. The molecule has 0 unspecified atom stereocenters. The summed E-state index contributed by atoms with van der Waals surface area (Å²) in [4.78, 5) is 9.14. The molecule has 1 saturated heterocycles. The fraction of sp³-hybridized carbons (Fsp3) is 0.381. The maximum atomic E-state index is 5.43. The van der Waals surface area contributed by atoms with Crippen molar-refractivity contribution in [2.45, 2.75) is 6.54 Å². The standard InChI is InChI=1S/C21H28N4O2.HI/c1-22-21(23-16-17-7-4-5-10-20(17)27-3)25-13-11-24(12-14-25)18-8-6-9-19(15-18)26-2;/h4-10,15H,11-14,16H2,1-3H3,(H,22,23);1H. The second kappa shape index (κ2) is 11.0. The van der Waals surface area contributed by atoms with Gasteiger partial charge in [-0.1, -0.05) is 24.3 Å². The molecule has 1 N–H and O–H groups in total. The number of aliphatic imine (C=N–C) groups is 1. The normalized spacial score (nSPS) is 14.3. The van der Waals surface area contributed by atoms with Crippen LogP contribution in [0.5, 0.6) is 11.5 Å². The van der Waals surface area contributed by atoms with Gasteiger partial charge in [0.15, 0.2) is 5.96 Å². The minimum atomic E-state index is 0. The van der Waals surface area contributed by atoms with E-state index < -0.39 is 0 Å². The minimum Gasteiger partial charge on any atom is -0.497 e. The van der Waals surface area contributed by atoms with Gasteiger partial charge in [0.2, 0.25) is 0 Å². The van der Waals surface area contributed by atoms with Crippen molar-refractivity contribution in [2.75, 3.05) is 52.3 Å². The number of hydrogen-bond acceptors (Lipinski definition) is 4. The molecule has 28 heavy (non-hydrogen) atoms. The average Bonchev–Trinajstić information content (AvgIpc) is 2.75. The van der Waals surface area contributed by atoms with Gasteiger partial charge in [-0.25, -0.2) is 0 Å². The van der Waals surface area contributed by atoms with E-state index in [2.05, 4.69) is 38.3 Å². The molecule has 0 aliphatic carbocycles. The molecule has 0 atom stereocenters. The van der Waals surface area contributed by atoms with Crippen molar-refractivity contribution >= 4 is 35.6 Å². The monoisotopic (exact) mass is 496 g/mol. The predicted molar refractivity (Wildman–Crippen MR) is 125 cm³/mol. The molecule has 2 aromatic carbocycles. The first-order valence-electron chi connectivity index (χ1n) is 9.21. The van der Waals surface area contributed by atoms with E-state index in [0.717, 1.165) is 49.2 Å². The Kier molecular flexibility index (Phi) is 8.69. The highest BCUT2D eigenvalue weighted by Gasteiger charge is 2.20. The first kappa shape index (κ1) is 22.1. The summed E-state index contributed by atoms with van der Waals surface area (Å²) in [6.45, 7) is 4.42. The van der Waals surface area contributed by atoms with Crippen LogP contribution in [0.2, 0.25) is 0 Å². The van der Waals surface area contributed by atoms with Crippen molar-refractivity contribution in [3.05, 3.63) is 54.1 Å². The van der Waals surface area contributed by atoms with E-state index >= 15 is 0 Å². The number of benzene rings is 2. The smallest absolute Gasteiger partial charge is 0.194 e. The maximum Gasteiger partial charge on any atom is 0.194 e. The van der Waals surface area contributed by atoms with Gasteiger partial charge in [0, 0.05) is 57.1 Å². The number of hydrogen-bond donors (Lipinski definition) is 1. The molecule has 0 spiro atoms.